The first kappa shape index (κ1) is 24.3. The predicted octanol–water partition coefficient (Wildman–Crippen LogP) is 2.96. The third-order valence-electron chi connectivity index (χ3n) is 3.05. The normalized spacial score (nSPS) is 12.1. The van der Waals surface area contributed by atoms with Crippen LogP contribution in [0.3, 0.4) is 0 Å². The van der Waals surface area contributed by atoms with Crippen LogP contribution in [0.5, 0.6) is 0 Å². The predicted molar refractivity (Wildman–Crippen MR) is 88.8 cm³/mol. The van der Waals surface area contributed by atoms with Crippen molar-refractivity contribution >= 4 is 28.5 Å². The molecule has 0 aliphatic carbocycles. The van der Waals surface area contributed by atoms with Gasteiger partial charge in [0.05, 0.1) is 0 Å². The van der Waals surface area contributed by atoms with Crippen molar-refractivity contribution in [2.24, 2.45) is 0 Å². The van der Waals surface area contributed by atoms with E-state index in [-0.39, 0.29) is 0 Å². The lowest BCUT2D eigenvalue weighted by Crippen LogP contribution is -2.12. The van der Waals surface area contributed by atoms with Crippen LogP contribution < -0.4 is 0 Å². The summed E-state index contributed by atoms with van der Waals surface area (Å²) in [7, 11) is -12.9. The molecule has 0 N–H and O–H groups in total. The Hall–Kier alpha value is -2.00. The Balaban J connectivity index is 1.85. The van der Waals surface area contributed by atoms with Gasteiger partial charge in [-0.3, -0.25) is 0 Å². The van der Waals surface area contributed by atoms with Gasteiger partial charge in [-0.2, -0.15) is 16.8 Å². The standard InChI is InChI=1S/C14H10F4O9PS2/c15-9-1-3-11(17)13(5-9)29(20,21)26-7-24-28(19)25-8-27-30(22,23)14-6-10(16)2-4-12(14)18/h1-6H,7-8H2/q+1. The minimum Gasteiger partial charge on any atom is -0.232 e. The van der Waals surface area contributed by atoms with Crippen LogP contribution in [-0.4, -0.2) is 30.4 Å². The number of benzene rings is 2. The van der Waals surface area contributed by atoms with Gasteiger partial charge in [0.1, 0.15) is 33.1 Å². The Morgan fingerprint density at radius 1 is 0.700 bits per heavy atom. The highest BCUT2D eigenvalue weighted by Gasteiger charge is 2.28. The van der Waals surface area contributed by atoms with Crippen molar-refractivity contribution in [3.05, 3.63) is 59.7 Å². The van der Waals surface area contributed by atoms with Gasteiger partial charge in [0, 0.05) is 4.57 Å². The number of hydrogen-bond acceptors (Lipinski definition) is 9. The highest BCUT2D eigenvalue weighted by atomic mass is 32.2. The second-order valence-corrected chi connectivity index (χ2v) is 9.14. The maximum absolute atomic E-state index is 13.5. The Morgan fingerprint density at radius 2 is 1.07 bits per heavy atom. The maximum Gasteiger partial charge on any atom is 0.702 e. The SMILES string of the molecule is O=[P+](OCOS(=O)(=O)c1cc(F)ccc1F)OCOS(=O)(=O)c1cc(F)ccc1F. The molecule has 0 spiro atoms. The summed E-state index contributed by atoms with van der Waals surface area (Å²) in [5.41, 5.74) is 0. The lowest BCUT2D eigenvalue weighted by Gasteiger charge is -2.04. The van der Waals surface area contributed by atoms with Crippen LogP contribution in [0.2, 0.25) is 0 Å². The minimum atomic E-state index is -4.83. The fourth-order valence-electron chi connectivity index (χ4n) is 1.76. The van der Waals surface area contributed by atoms with Gasteiger partial charge in [-0.15, -0.1) is 0 Å². The maximum atomic E-state index is 13.5. The van der Waals surface area contributed by atoms with E-state index in [1.807, 2.05) is 0 Å². The highest BCUT2D eigenvalue weighted by Crippen LogP contribution is 2.26. The Bertz CT molecular complexity index is 1070. The molecule has 0 heterocycles. The molecule has 0 fully saturated rings. The zero-order valence-electron chi connectivity index (χ0n) is 14.3. The summed E-state index contributed by atoms with van der Waals surface area (Å²) < 4.78 is 128. The van der Waals surface area contributed by atoms with E-state index in [1.54, 1.807) is 0 Å². The molecular formula is C14H10F4O9PS2+. The molecule has 0 atom stereocenters. The Labute approximate surface area is 168 Å². The molecule has 0 aromatic heterocycles. The zero-order chi connectivity index (χ0) is 22.5. The lowest BCUT2D eigenvalue weighted by atomic mass is 10.3. The van der Waals surface area contributed by atoms with Crippen LogP contribution >= 0.6 is 8.25 Å². The summed E-state index contributed by atoms with van der Waals surface area (Å²) in [6.45, 7) is -2.56. The summed E-state index contributed by atoms with van der Waals surface area (Å²) in [5.74, 6) is -4.77. The van der Waals surface area contributed by atoms with Crippen LogP contribution in [-0.2, 0) is 42.2 Å². The molecule has 2 aromatic carbocycles. The molecule has 16 heteroatoms. The van der Waals surface area contributed by atoms with Crippen molar-refractivity contribution in [2.45, 2.75) is 9.79 Å². The summed E-state index contributed by atoms with van der Waals surface area (Å²) >= 11 is 0. The second kappa shape index (κ2) is 9.87. The summed E-state index contributed by atoms with van der Waals surface area (Å²) in [5, 5.41) is 0. The average molecular weight is 493 g/mol. The van der Waals surface area contributed by atoms with Crippen molar-refractivity contribution in [3.8, 4) is 0 Å². The van der Waals surface area contributed by atoms with E-state index in [2.05, 4.69) is 17.4 Å². The van der Waals surface area contributed by atoms with E-state index < -0.39 is 75.1 Å². The monoisotopic (exact) mass is 493 g/mol. The van der Waals surface area contributed by atoms with E-state index in [9.17, 15) is 39.0 Å². The first-order valence-electron chi connectivity index (χ1n) is 7.34. The molecule has 164 valence electrons. The molecule has 9 nitrogen and oxygen atoms in total. The average Bonchev–Trinajstić information content (AvgIpc) is 2.65. The molecule has 2 aromatic rings. The van der Waals surface area contributed by atoms with Crippen molar-refractivity contribution < 1.29 is 56.4 Å². The highest BCUT2D eigenvalue weighted by molar-refractivity contribution is 7.87. The molecule has 0 aliphatic heterocycles. The van der Waals surface area contributed by atoms with E-state index in [0.717, 1.165) is 0 Å². The van der Waals surface area contributed by atoms with Crippen LogP contribution in [0.15, 0.2) is 46.2 Å². The van der Waals surface area contributed by atoms with Crippen molar-refractivity contribution in [3.63, 3.8) is 0 Å². The van der Waals surface area contributed by atoms with E-state index in [4.69, 9.17) is 0 Å². The summed E-state index contributed by atoms with van der Waals surface area (Å²) in [4.78, 5) is -2.29. The van der Waals surface area contributed by atoms with Crippen molar-refractivity contribution in [1.82, 2.24) is 0 Å². The third-order valence-corrected chi connectivity index (χ3v) is 6.20. The number of rotatable bonds is 10. The quantitative estimate of drug-likeness (QED) is 0.213. The Morgan fingerprint density at radius 3 is 1.43 bits per heavy atom. The summed E-state index contributed by atoms with van der Waals surface area (Å²) in [6, 6.07) is 3.08. The molecule has 0 radical (unpaired) electrons. The van der Waals surface area contributed by atoms with Gasteiger partial charge in [0.15, 0.2) is 0 Å². The fraction of sp³-hybridized carbons (Fsp3) is 0.143. The molecule has 2 rings (SSSR count). The molecular weight excluding hydrogens is 483 g/mol. The lowest BCUT2D eigenvalue weighted by molar-refractivity contribution is 0.0751. The minimum absolute atomic E-state index is 0.339. The van der Waals surface area contributed by atoms with Crippen LogP contribution in [0.1, 0.15) is 0 Å². The van der Waals surface area contributed by atoms with Crippen molar-refractivity contribution in [2.75, 3.05) is 13.6 Å². The number of halogens is 4. The second-order valence-electron chi connectivity index (χ2n) is 5.01. The number of hydrogen-bond donors (Lipinski definition) is 0. The van der Waals surface area contributed by atoms with Gasteiger partial charge in [0.25, 0.3) is 0 Å². The van der Waals surface area contributed by atoms with Gasteiger partial charge in [-0.05, 0) is 36.4 Å². The largest absolute Gasteiger partial charge is 0.702 e. The molecule has 0 saturated heterocycles. The van der Waals surface area contributed by atoms with E-state index >= 15 is 0 Å². The Kier molecular flexibility index (Phi) is 7.99. The van der Waals surface area contributed by atoms with Crippen LogP contribution in [0.4, 0.5) is 17.6 Å². The van der Waals surface area contributed by atoms with E-state index in [0.29, 0.717) is 36.4 Å². The topological polar surface area (TPSA) is 122 Å². The van der Waals surface area contributed by atoms with Crippen molar-refractivity contribution in [1.29, 1.82) is 0 Å². The van der Waals surface area contributed by atoms with Crippen LogP contribution in [0.25, 0.3) is 0 Å². The summed E-state index contributed by atoms with van der Waals surface area (Å²) in [6.07, 6.45) is 0. The van der Waals surface area contributed by atoms with Gasteiger partial charge in [-0.1, -0.05) is 9.05 Å². The van der Waals surface area contributed by atoms with Gasteiger partial charge in [0.2, 0.25) is 13.6 Å². The van der Waals surface area contributed by atoms with E-state index in [1.165, 1.54) is 0 Å². The van der Waals surface area contributed by atoms with Gasteiger partial charge < -0.3 is 0 Å². The van der Waals surface area contributed by atoms with Crippen LogP contribution in [0, 0.1) is 23.3 Å². The molecule has 0 unspecified atom stereocenters. The first-order valence-corrected chi connectivity index (χ1v) is 11.3. The molecule has 0 amide bonds. The van der Waals surface area contributed by atoms with Gasteiger partial charge >= 0.3 is 28.5 Å². The molecule has 0 aliphatic rings. The van der Waals surface area contributed by atoms with Gasteiger partial charge in [-0.25, -0.2) is 25.9 Å². The first-order chi connectivity index (χ1) is 13.9. The smallest absolute Gasteiger partial charge is 0.232 e. The zero-order valence-corrected chi connectivity index (χ0v) is 16.9. The fourth-order valence-corrected chi connectivity index (χ4v) is 3.98. The molecule has 30 heavy (non-hydrogen) atoms. The third kappa shape index (κ3) is 6.50. The molecule has 0 saturated carbocycles. The molecule has 0 bridgehead atoms.